The molecule has 0 heterocycles. The van der Waals surface area contributed by atoms with E-state index >= 15 is 0 Å². The van der Waals surface area contributed by atoms with Crippen molar-refractivity contribution in [3.63, 3.8) is 0 Å². The molecule has 0 aliphatic rings. The molecule has 0 aliphatic heterocycles. The molecule has 0 fully saturated rings. The zero-order chi connectivity index (χ0) is 16.1. The zero-order valence-electron chi connectivity index (χ0n) is 14.1. The van der Waals surface area contributed by atoms with Crippen LogP contribution in [0.5, 0.6) is 0 Å². The lowest BCUT2D eigenvalue weighted by atomic mass is 9.92. The Hall–Kier alpha value is -2.02. The third-order valence-electron chi connectivity index (χ3n) is 4.87. The second kappa shape index (κ2) is 7.50. The monoisotopic (exact) mass is 305 g/mol. The van der Waals surface area contributed by atoms with E-state index < -0.39 is 0 Å². The minimum absolute atomic E-state index is 0.919. The van der Waals surface area contributed by atoms with Gasteiger partial charge in [0.2, 0.25) is 0 Å². The summed E-state index contributed by atoms with van der Waals surface area (Å²) in [6.07, 6.45) is 9.15. The fourth-order valence-electron chi connectivity index (χ4n) is 3.60. The van der Waals surface area contributed by atoms with Crippen LogP contribution in [0, 0.1) is 0 Å². The molecular weight excluding hydrogens is 278 g/mol. The van der Waals surface area contributed by atoms with Crippen molar-refractivity contribution in [2.45, 2.75) is 51.9 Å². The van der Waals surface area contributed by atoms with Crippen LogP contribution in [0.15, 0.2) is 48.5 Å². The van der Waals surface area contributed by atoms with Gasteiger partial charge in [0.15, 0.2) is 0 Å². The number of unbranched alkanes of at least 4 members (excludes halogenated alkanes) is 5. The number of fused-ring (bicyclic) bond motifs is 2. The molecule has 1 heteroatoms. The molecule has 0 atom stereocenters. The van der Waals surface area contributed by atoms with Gasteiger partial charge in [-0.3, -0.25) is 0 Å². The molecule has 2 N–H and O–H groups in total. The average molecular weight is 305 g/mol. The molecule has 0 saturated heterocycles. The predicted octanol–water partition coefficient (Wildman–Crippen LogP) is 6.48. The van der Waals surface area contributed by atoms with Crippen LogP contribution in [-0.4, -0.2) is 0 Å². The van der Waals surface area contributed by atoms with E-state index in [9.17, 15) is 0 Å². The van der Waals surface area contributed by atoms with Crippen molar-refractivity contribution in [3.8, 4) is 0 Å². The fraction of sp³-hybridized carbons (Fsp3) is 0.364. The highest BCUT2D eigenvalue weighted by Gasteiger charge is 2.11. The van der Waals surface area contributed by atoms with Crippen LogP contribution in [0.25, 0.3) is 21.5 Å². The molecule has 0 saturated carbocycles. The number of rotatable bonds is 7. The van der Waals surface area contributed by atoms with Crippen LogP contribution < -0.4 is 5.73 Å². The lowest BCUT2D eigenvalue weighted by Crippen LogP contribution is -1.96. The van der Waals surface area contributed by atoms with Gasteiger partial charge in [-0.1, -0.05) is 87.6 Å². The number of aryl methyl sites for hydroxylation is 1. The molecule has 0 unspecified atom stereocenters. The van der Waals surface area contributed by atoms with Gasteiger partial charge in [0.05, 0.1) is 0 Å². The van der Waals surface area contributed by atoms with Gasteiger partial charge in [-0.05, 0) is 29.2 Å². The van der Waals surface area contributed by atoms with Gasteiger partial charge in [-0.15, -0.1) is 0 Å². The van der Waals surface area contributed by atoms with Gasteiger partial charge in [-0.25, -0.2) is 0 Å². The first-order chi connectivity index (χ1) is 11.3. The van der Waals surface area contributed by atoms with Crippen LogP contribution in [0.3, 0.4) is 0 Å². The third kappa shape index (κ3) is 3.34. The summed E-state index contributed by atoms with van der Waals surface area (Å²) >= 11 is 0. The quantitative estimate of drug-likeness (QED) is 0.302. The third-order valence-corrected chi connectivity index (χ3v) is 4.87. The molecule has 3 rings (SSSR count). The zero-order valence-corrected chi connectivity index (χ0v) is 14.1. The van der Waals surface area contributed by atoms with Gasteiger partial charge in [0, 0.05) is 16.5 Å². The lowest BCUT2D eigenvalue weighted by Gasteiger charge is -2.14. The molecule has 0 aromatic heterocycles. The maximum atomic E-state index is 6.43. The fourth-order valence-corrected chi connectivity index (χ4v) is 3.60. The molecule has 0 spiro atoms. The van der Waals surface area contributed by atoms with E-state index in [0.29, 0.717) is 0 Å². The van der Waals surface area contributed by atoms with E-state index in [1.165, 1.54) is 65.6 Å². The SMILES string of the molecule is CCCCCCCCc1c2ccccc2c(N)c2ccccc12. The molecule has 120 valence electrons. The molecule has 3 aromatic rings. The van der Waals surface area contributed by atoms with E-state index in [-0.39, 0.29) is 0 Å². The molecule has 0 aliphatic carbocycles. The summed E-state index contributed by atoms with van der Waals surface area (Å²) in [7, 11) is 0. The number of hydrogen-bond donors (Lipinski definition) is 1. The Morgan fingerprint density at radius 3 is 1.70 bits per heavy atom. The summed E-state index contributed by atoms with van der Waals surface area (Å²) in [6.45, 7) is 2.27. The summed E-state index contributed by atoms with van der Waals surface area (Å²) in [6, 6.07) is 17.2. The second-order valence-corrected chi connectivity index (χ2v) is 6.50. The smallest absolute Gasteiger partial charge is 0.0473 e. The summed E-state index contributed by atoms with van der Waals surface area (Å²) < 4.78 is 0. The number of benzene rings is 3. The second-order valence-electron chi connectivity index (χ2n) is 6.50. The van der Waals surface area contributed by atoms with E-state index in [2.05, 4.69) is 55.5 Å². The minimum Gasteiger partial charge on any atom is -0.398 e. The van der Waals surface area contributed by atoms with Crippen LogP contribution in [-0.2, 0) is 6.42 Å². The largest absolute Gasteiger partial charge is 0.398 e. The molecule has 0 bridgehead atoms. The van der Waals surface area contributed by atoms with Gasteiger partial charge in [0.1, 0.15) is 0 Å². The van der Waals surface area contributed by atoms with Crippen molar-refractivity contribution in [3.05, 3.63) is 54.1 Å². The Bertz CT molecular complexity index is 731. The van der Waals surface area contributed by atoms with E-state index in [1.807, 2.05) is 0 Å². The van der Waals surface area contributed by atoms with Gasteiger partial charge in [-0.2, -0.15) is 0 Å². The first-order valence-corrected chi connectivity index (χ1v) is 9.00. The highest BCUT2D eigenvalue weighted by atomic mass is 14.6. The minimum atomic E-state index is 0.919. The maximum absolute atomic E-state index is 6.43. The topological polar surface area (TPSA) is 26.0 Å². The normalized spacial score (nSPS) is 11.3. The van der Waals surface area contributed by atoms with Gasteiger partial charge >= 0.3 is 0 Å². The average Bonchev–Trinajstić information content (AvgIpc) is 2.60. The van der Waals surface area contributed by atoms with Crippen LogP contribution in [0.2, 0.25) is 0 Å². The van der Waals surface area contributed by atoms with Crippen molar-refractivity contribution >= 4 is 27.2 Å². The number of hydrogen-bond acceptors (Lipinski definition) is 1. The Labute approximate surface area is 139 Å². The lowest BCUT2D eigenvalue weighted by molar-refractivity contribution is 0.609. The molecular formula is C22H27N. The van der Waals surface area contributed by atoms with E-state index in [0.717, 1.165) is 12.1 Å². The molecule has 23 heavy (non-hydrogen) atoms. The Morgan fingerprint density at radius 2 is 1.13 bits per heavy atom. The van der Waals surface area contributed by atoms with E-state index in [4.69, 9.17) is 5.73 Å². The Morgan fingerprint density at radius 1 is 0.652 bits per heavy atom. The summed E-state index contributed by atoms with van der Waals surface area (Å²) in [5, 5.41) is 5.06. The molecule has 0 radical (unpaired) electrons. The van der Waals surface area contributed by atoms with Crippen LogP contribution >= 0.6 is 0 Å². The highest BCUT2D eigenvalue weighted by Crippen LogP contribution is 2.35. The Kier molecular flexibility index (Phi) is 5.17. The van der Waals surface area contributed by atoms with Crippen LogP contribution in [0.4, 0.5) is 5.69 Å². The maximum Gasteiger partial charge on any atom is 0.0473 e. The van der Waals surface area contributed by atoms with E-state index in [1.54, 1.807) is 0 Å². The number of anilines is 1. The molecule has 1 nitrogen and oxygen atoms in total. The highest BCUT2D eigenvalue weighted by molar-refractivity contribution is 6.12. The van der Waals surface area contributed by atoms with Crippen LogP contribution in [0.1, 0.15) is 51.0 Å². The summed E-state index contributed by atoms with van der Waals surface area (Å²) in [5.74, 6) is 0. The van der Waals surface area contributed by atoms with Crippen molar-refractivity contribution in [1.82, 2.24) is 0 Å². The van der Waals surface area contributed by atoms with Crippen molar-refractivity contribution in [1.29, 1.82) is 0 Å². The van der Waals surface area contributed by atoms with Crippen molar-refractivity contribution in [2.75, 3.05) is 5.73 Å². The predicted molar refractivity (Wildman–Crippen MR) is 103 cm³/mol. The van der Waals surface area contributed by atoms with Gasteiger partial charge in [0.25, 0.3) is 0 Å². The summed E-state index contributed by atoms with van der Waals surface area (Å²) in [5.41, 5.74) is 8.83. The first kappa shape index (κ1) is 15.9. The molecule has 3 aromatic carbocycles. The number of nitrogen functional groups attached to an aromatic ring is 1. The number of nitrogens with two attached hydrogens (primary N) is 1. The Balaban J connectivity index is 1.92. The first-order valence-electron chi connectivity index (χ1n) is 9.00. The van der Waals surface area contributed by atoms with Crippen molar-refractivity contribution in [2.24, 2.45) is 0 Å². The van der Waals surface area contributed by atoms with Gasteiger partial charge < -0.3 is 5.73 Å². The standard InChI is InChI=1S/C22H27N/c1-2-3-4-5-6-7-12-17-18-13-8-10-15-20(18)22(23)21-16-11-9-14-19(17)21/h8-11,13-16H,2-7,12,23H2,1H3. The molecule has 0 amide bonds. The summed E-state index contributed by atoms with van der Waals surface area (Å²) in [4.78, 5) is 0. The van der Waals surface area contributed by atoms with Crippen molar-refractivity contribution < 1.29 is 0 Å².